The maximum absolute atomic E-state index is 12.9. The van der Waals surface area contributed by atoms with Crippen LogP contribution >= 0.6 is 0 Å². The first-order chi connectivity index (χ1) is 27.7. The molecule has 1 aromatic rings. The summed E-state index contributed by atoms with van der Waals surface area (Å²) in [6.07, 6.45) is 5.31. The number of carboxylic acid groups (broad SMARTS) is 3. The fourth-order valence-corrected chi connectivity index (χ4v) is 7.16. The molecule has 2 atom stereocenters. The van der Waals surface area contributed by atoms with Crippen molar-refractivity contribution in [1.82, 2.24) is 35.7 Å². The van der Waals surface area contributed by atoms with Gasteiger partial charge in [-0.15, -0.1) is 0 Å². The first-order valence-electron chi connectivity index (χ1n) is 19.9. The summed E-state index contributed by atoms with van der Waals surface area (Å²) in [4.78, 5) is 91.5. The van der Waals surface area contributed by atoms with Crippen LogP contribution in [0.5, 0.6) is 0 Å². The number of anilines is 1. The van der Waals surface area contributed by atoms with Crippen molar-refractivity contribution < 1.29 is 58.9 Å². The molecule has 1 aromatic carbocycles. The first-order valence-corrected chi connectivity index (χ1v) is 19.9. The monoisotopic (exact) mass is 818 g/mol. The van der Waals surface area contributed by atoms with E-state index in [1.165, 1.54) is 17.0 Å². The second kappa shape index (κ2) is 25.5. The lowest BCUT2D eigenvalue weighted by Crippen LogP contribution is -2.48. The number of hydrazine groups is 1. The van der Waals surface area contributed by atoms with E-state index in [4.69, 9.17) is 0 Å². The van der Waals surface area contributed by atoms with Crippen LogP contribution < -0.4 is 21.5 Å². The van der Waals surface area contributed by atoms with Crippen molar-refractivity contribution in [3.8, 4) is 0 Å². The van der Waals surface area contributed by atoms with E-state index in [0.717, 1.165) is 6.42 Å². The fraction of sp³-hybridized carbons (Fsp3) is 0.649. The van der Waals surface area contributed by atoms with Crippen molar-refractivity contribution in [3.63, 3.8) is 0 Å². The van der Waals surface area contributed by atoms with Crippen LogP contribution in [0.25, 0.3) is 0 Å². The van der Waals surface area contributed by atoms with Gasteiger partial charge in [0.15, 0.2) is 0 Å². The van der Waals surface area contributed by atoms with E-state index < -0.39 is 42.8 Å². The number of carbonyl (C=O) groups is 7. The maximum atomic E-state index is 12.9. The third-order valence-corrected chi connectivity index (χ3v) is 10.2. The zero-order valence-corrected chi connectivity index (χ0v) is 33.0. The lowest BCUT2D eigenvalue weighted by Gasteiger charge is -2.28. The third kappa shape index (κ3) is 18.6. The standard InChI is InChI=1S/C37H59BN8O12/c47-31(42-41-29-12-10-28(11-13-29)37(56)40-23-33(49)46-17-5-8-30(46)38(57)58)9-3-14-39-32(48)22-27-6-1-2-15-43(24-34(50)51)18-20-45(26-36(54)55)21-19-44(16-4-7-27)25-35(52)53/h10-13,27,30,41,57-58H,1-9,14-26H2,(H,39,48)(H,40,56)(H,42,47)(H,50,51)(H,52,53)(H,54,55)/t27?,30-/m0/s1. The van der Waals surface area contributed by atoms with E-state index in [1.807, 2.05) is 0 Å². The van der Waals surface area contributed by atoms with Gasteiger partial charge < -0.3 is 40.9 Å². The lowest BCUT2D eigenvalue weighted by atomic mass is 9.78. The van der Waals surface area contributed by atoms with Crippen LogP contribution in [0.15, 0.2) is 24.3 Å². The Kier molecular flexibility index (Phi) is 20.9. The van der Waals surface area contributed by atoms with E-state index in [0.29, 0.717) is 96.4 Å². The first kappa shape index (κ1) is 47.5. The van der Waals surface area contributed by atoms with E-state index in [9.17, 15) is 58.9 Å². The summed E-state index contributed by atoms with van der Waals surface area (Å²) in [5.41, 5.74) is 6.13. The number of rotatable bonds is 18. The fourth-order valence-electron chi connectivity index (χ4n) is 7.16. The van der Waals surface area contributed by atoms with Crippen molar-refractivity contribution >= 4 is 54.3 Å². The van der Waals surface area contributed by atoms with Crippen molar-refractivity contribution in [1.29, 1.82) is 0 Å². The third-order valence-electron chi connectivity index (χ3n) is 10.2. The Morgan fingerprint density at radius 1 is 0.655 bits per heavy atom. The highest BCUT2D eigenvalue weighted by molar-refractivity contribution is 6.43. The number of aliphatic carboxylic acids is 3. The highest BCUT2D eigenvalue weighted by atomic mass is 16.4. The van der Waals surface area contributed by atoms with Crippen molar-refractivity contribution in [2.45, 2.75) is 70.1 Å². The van der Waals surface area contributed by atoms with Crippen LogP contribution in [-0.4, -0.2) is 178 Å². The summed E-state index contributed by atoms with van der Waals surface area (Å²) in [7, 11) is -1.64. The number of amides is 4. The highest BCUT2D eigenvalue weighted by Gasteiger charge is 2.36. The summed E-state index contributed by atoms with van der Waals surface area (Å²) in [5.74, 6) is -5.08. The van der Waals surface area contributed by atoms with Crippen LogP contribution in [0.1, 0.15) is 74.6 Å². The van der Waals surface area contributed by atoms with Crippen molar-refractivity contribution in [3.05, 3.63) is 29.8 Å². The van der Waals surface area contributed by atoms with Crippen LogP contribution in [0.2, 0.25) is 0 Å². The number of benzene rings is 1. The Balaban J connectivity index is 1.41. The van der Waals surface area contributed by atoms with E-state index in [1.54, 1.807) is 26.8 Å². The molecule has 2 fully saturated rings. The van der Waals surface area contributed by atoms with Crippen molar-refractivity contribution in [2.75, 3.05) is 84.0 Å². The molecule has 9 N–H and O–H groups in total. The minimum Gasteiger partial charge on any atom is -0.480 e. The zero-order chi connectivity index (χ0) is 42.5. The van der Waals surface area contributed by atoms with E-state index >= 15 is 0 Å². The number of hydrogen-bond donors (Lipinski definition) is 9. The van der Waals surface area contributed by atoms with Gasteiger partial charge >= 0.3 is 25.0 Å². The molecule has 0 radical (unpaired) electrons. The molecule has 3 rings (SSSR count). The Hall–Kier alpha value is -4.83. The number of likely N-dealkylation sites (tertiary alicyclic amines) is 1. The Morgan fingerprint density at radius 2 is 1.21 bits per heavy atom. The number of carbonyl (C=O) groups excluding carboxylic acids is 4. The molecule has 2 aliphatic heterocycles. The minimum atomic E-state index is -1.64. The highest BCUT2D eigenvalue weighted by Crippen LogP contribution is 2.21. The van der Waals surface area contributed by atoms with Gasteiger partial charge in [-0.2, -0.15) is 0 Å². The largest absolute Gasteiger partial charge is 0.480 e. The molecule has 0 saturated carbocycles. The van der Waals surface area contributed by atoms with Crippen molar-refractivity contribution in [2.24, 2.45) is 5.92 Å². The number of nitrogens with zero attached hydrogens (tertiary/aromatic N) is 4. The van der Waals surface area contributed by atoms with E-state index in [-0.39, 0.29) is 68.9 Å². The molecule has 21 heteroatoms. The van der Waals surface area contributed by atoms with Gasteiger partial charge in [-0.25, -0.2) is 0 Å². The van der Waals surface area contributed by atoms with Gasteiger partial charge in [0.1, 0.15) is 0 Å². The van der Waals surface area contributed by atoms with Gasteiger partial charge in [-0.3, -0.25) is 59.1 Å². The van der Waals surface area contributed by atoms with Gasteiger partial charge in [0.25, 0.3) is 5.91 Å². The molecule has 0 aromatic heterocycles. The second-order valence-corrected chi connectivity index (χ2v) is 14.8. The van der Waals surface area contributed by atoms with Crippen LogP contribution in [0.4, 0.5) is 5.69 Å². The molecule has 2 saturated heterocycles. The minimum absolute atomic E-state index is 0.00486. The van der Waals surface area contributed by atoms with Crippen LogP contribution in [-0.2, 0) is 28.8 Å². The average molecular weight is 819 g/mol. The molecule has 0 aliphatic carbocycles. The Morgan fingerprint density at radius 3 is 1.79 bits per heavy atom. The molecular formula is C37H59BN8O12. The molecule has 2 aliphatic rings. The maximum Gasteiger partial charge on any atom is 0.475 e. The molecule has 2 heterocycles. The van der Waals surface area contributed by atoms with Gasteiger partial charge in [0, 0.05) is 57.7 Å². The number of carboxylic acids is 3. The summed E-state index contributed by atoms with van der Waals surface area (Å²) in [6, 6.07) is 6.19. The van der Waals surface area contributed by atoms with E-state index in [2.05, 4.69) is 21.5 Å². The normalized spacial score (nSPS) is 19.2. The molecular weight excluding hydrogens is 759 g/mol. The summed E-state index contributed by atoms with van der Waals surface area (Å²) in [6.45, 7) is 1.99. The average Bonchev–Trinajstić information content (AvgIpc) is 3.67. The van der Waals surface area contributed by atoms with Gasteiger partial charge in [0.05, 0.1) is 37.8 Å². The topological polar surface area (TPSA) is 282 Å². The number of hydrogen-bond acceptors (Lipinski definition) is 13. The SMILES string of the molecule is O=C(O)CN1CCCCC(CC(=O)NCCCC(=O)NNc2ccc(C(=O)NCC(=O)N3CCC[C@H]3B(O)O)cc2)CCCN(CC(=O)O)CCN(CC(=O)O)CC1. The second-order valence-electron chi connectivity index (χ2n) is 14.8. The van der Waals surface area contributed by atoms with Gasteiger partial charge in [0.2, 0.25) is 17.7 Å². The summed E-state index contributed by atoms with van der Waals surface area (Å²) >= 11 is 0. The predicted molar refractivity (Wildman–Crippen MR) is 211 cm³/mol. The Labute approximate surface area is 338 Å². The van der Waals surface area contributed by atoms with Crippen LogP contribution in [0, 0.1) is 5.92 Å². The molecule has 0 spiro atoms. The molecule has 0 bridgehead atoms. The van der Waals surface area contributed by atoms with Crippen LogP contribution in [0.3, 0.4) is 0 Å². The quantitative estimate of drug-likeness (QED) is 0.0482. The molecule has 4 amide bonds. The Bertz CT molecular complexity index is 1520. The summed E-state index contributed by atoms with van der Waals surface area (Å²) in [5, 5.41) is 52.6. The predicted octanol–water partition coefficient (Wildman–Crippen LogP) is -1.11. The van der Waals surface area contributed by atoms with Gasteiger partial charge in [-0.05, 0) is 88.2 Å². The lowest BCUT2D eigenvalue weighted by molar-refractivity contribution is -0.140. The van der Waals surface area contributed by atoms with Gasteiger partial charge in [-0.1, -0.05) is 6.42 Å². The molecule has 20 nitrogen and oxygen atoms in total. The molecule has 322 valence electrons. The smallest absolute Gasteiger partial charge is 0.475 e. The molecule has 1 unspecified atom stereocenters. The zero-order valence-electron chi connectivity index (χ0n) is 33.0. The number of nitrogens with one attached hydrogen (secondary N) is 4. The molecule has 58 heavy (non-hydrogen) atoms. The summed E-state index contributed by atoms with van der Waals surface area (Å²) < 4.78 is 0.